The van der Waals surface area contributed by atoms with Gasteiger partial charge in [0, 0.05) is 32.6 Å². The van der Waals surface area contributed by atoms with E-state index in [-0.39, 0.29) is 30.1 Å². The first-order chi connectivity index (χ1) is 11.0. The van der Waals surface area contributed by atoms with Gasteiger partial charge in [-0.2, -0.15) is 0 Å². The summed E-state index contributed by atoms with van der Waals surface area (Å²) in [4.78, 5) is 27.1. The highest BCUT2D eigenvalue weighted by molar-refractivity contribution is 5.80. The SMILES string of the molecule is C[C@H](C(N)=O)N1CCN(C(=O)C/C=C/c2cccc(F)c2)CC1. The molecule has 2 amide bonds. The number of hydrogen-bond donors (Lipinski definition) is 1. The number of nitrogens with zero attached hydrogens (tertiary/aromatic N) is 2. The molecule has 0 saturated carbocycles. The summed E-state index contributed by atoms with van der Waals surface area (Å²) in [5, 5.41) is 0. The first-order valence-corrected chi connectivity index (χ1v) is 7.70. The van der Waals surface area contributed by atoms with Crippen molar-refractivity contribution in [3.63, 3.8) is 0 Å². The van der Waals surface area contributed by atoms with Gasteiger partial charge in [0.2, 0.25) is 11.8 Å². The summed E-state index contributed by atoms with van der Waals surface area (Å²) in [7, 11) is 0. The molecule has 0 radical (unpaired) electrons. The number of piperazine rings is 1. The zero-order valence-electron chi connectivity index (χ0n) is 13.2. The molecule has 1 aromatic rings. The number of benzene rings is 1. The third-order valence-corrected chi connectivity index (χ3v) is 4.08. The number of carbonyl (C=O) groups excluding carboxylic acids is 2. The van der Waals surface area contributed by atoms with Crippen LogP contribution in [0, 0.1) is 5.82 Å². The number of halogens is 1. The average molecular weight is 319 g/mol. The van der Waals surface area contributed by atoms with E-state index >= 15 is 0 Å². The highest BCUT2D eigenvalue weighted by atomic mass is 19.1. The number of primary amides is 1. The molecule has 1 aliphatic heterocycles. The summed E-state index contributed by atoms with van der Waals surface area (Å²) >= 11 is 0. The van der Waals surface area contributed by atoms with Crippen molar-refractivity contribution in [3.8, 4) is 0 Å². The lowest BCUT2D eigenvalue weighted by Crippen LogP contribution is -2.54. The van der Waals surface area contributed by atoms with E-state index in [4.69, 9.17) is 5.73 Å². The van der Waals surface area contributed by atoms with Crippen molar-refractivity contribution >= 4 is 17.9 Å². The predicted molar refractivity (Wildman–Crippen MR) is 86.9 cm³/mol. The first kappa shape index (κ1) is 17.1. The Hall–Kier alpha value is -2.21. The van der Waals surface area contributed by atoms with Gasteiger partial charge < -0.3 is 10.6 Å². The Labute approximate surface area is 135 Å². The molecule has 2 N–H and O–H groups in total. The molecule has 124 valence electrons. The predicted octanol–water partition coefficient (Wildman–Crippen LogP) is 1.25. The molecule has 23 heavy (non-hydrogen) atoms. The number of nitrogens with two attached hydrogens (primary N) is 1. The zero-order valence-corrected chi connectivity index (χ0v) is 13.2. The van der Waals surface area contributed by atoms with Crippen LogP contribution in [0.4, 0.5) is 4.39 Å². The summed E-state index contributed by atoms with van der Waals surface area (Å²) in [6.07, 6.45) is 3.77. The minimum Gasteiger partial charge on any atom is -0.368 e. The lowest BCUT2D eigenvalue weighted by atomic mass is 10.2. The summed E-state index contributed by atoms with van der Waals surface area (Å²) in [6.45, 7) is 4.24. The molecule has 1 heterocycles. The van der Waals surface area contributed by atoms with Crippen LogP contribution >= 0.6 is 0 Å². The third kappa shape index (κ3) is 4.89. The Morgan fingerprint density at radius 3 is 2.61 bits per heavy atom. The van der Waals surface area contributed by atoms with Crippen molar-refractivity contribution in [2.75, 3.05) is 26.2 Å². The minimum absolute atomic E-state index is 0.0315. The van der Waals surface area contributed by atoms with E-state index in [2.05, 4.69) is 0 Å². The fourth-order valence-corrected chi connectivity index (χ4v) is 2.57. The largest absolute Gasteiger partial charge is 0.368 e. The van der Waals surface area contributed by atoms with Gasteiger partial charge in [0.1, 0.15) is 5.82 Å². The Kier molecular flexibility index (Phi) is 5.87. The molecule has 0 aliphatic carbocycles. The summed E-state index contributed by atoms with van der Waals surface area (Å²) in [5.74, 6) is -0.606. The highest BCUT2D eigenvalue weighted by Gasteiger charge is 2.25. The van der Waals surface area contributed by atoms with Gasteiger partial charge in [-0.3, -0.25) is 14.5 Å². The maximum atomic E-state index is 13.1. The van der Waals surface area contributed by atoms with Gasteiger partial charge in [-0.1, -0.05) is 24.3 Å². The third-order valence-electron chi connectivity index (χ3n) is 4.08. The molecule has 0 unspecified atom stereocenters. The second kappa shape index (κ2) is 7.87. The maximum absolute atomic E-state index is 13.1. The number of rotatable bonds is 5. The van der Waals surface area contributed by atoms with Gasteiger partial charge in [-0.25, -0.2) is 4.39 Å². The second-order valence-corrected chi connectivity index (χ2v) is 5.66. The summed E-state index contributed by atoms with van der Waals surface area (Å²) in [5.41, 5.74) is 6.03. The standard InChI is InChI=1S/C17H22FN3O2/c1-13(17(19)23)20-8-10-21(11-9-20)16(22)7-3-5-14-4-2-6-15(18)12-14/h2-6,12-13H,7-11H2,1H3,(H2,19,23)/b5-3+/t13-/m1/s1. The Bertz CT molecular complexity index is 595. The number of hydrogen-bond acceptors (Lipinski definition) is 3. The van der Waals surface area contributed by atoms with E-state index in [1.807, 2.05) is 4.90 Å². The molecule has 1 aromatic carbocycles. The van der Waals surface area contributed by atoms with Gasteiger partial charge in [0.25, 0.3) is 0 Å². The smallest absolute Gasteiger partial charge is 0.234 e. The first-order valence-electron chi connectivity index (χ1n) is 7.70. The van der Waals surface area contributed by atoms with Crippen LogP contribution in [0.15, 0.2) is 30.3 Å². The van der Waals surface area contributed by atoms with Crippen molar-refractivity contribution in [1.29, 1.82) is 0 Å². The van der Waals surface area contributed by atoms with E-state index in [1.165, 1.54) is 12.1 Å². The van der Waals surface area contributed by atoms with Crippen LogP contribution in [0.1, 0.15) is 18.9 Å². The molecule has 1 aliphatic rings. The van der Waals surface area contributed by atoms with E-state index in [0.717, 1.165) is 5.56 Å². The molecule has 1 saturated heterocycles. The van der Waals surface area contributed by atoms with Crippen molar-refractivity contribution in [1.82, 2.24) is 9.80 Å². The van der Waals surface area contributed by atoms with Crippen LogP contribution in [-0.4, -0.2) is 53.8 Å². The van der Waals surface area contributed by atoms with Crippen LogP contribution in [0.25, 0.3) is 6.08 Å². The van der Waals surface area contributed by atoms with Crippen molar-refractivity contribution in [3.05, 3.63) is 41.7 Å². The van der Waals surface area contributed by atoms with Gasteiger partial charge in [-0.15, -0.1) is 0 Å². The van der Waals surface area contributed by atoms with E-state index in [1.54, 1.807) is 36.1 Å². The molecule has 0 spiro atoms. The monoisotopic (exact) mass is 319 g/mol. The van der Waals surface area contributed by atoms with Gasteiger partial charge in [0.05, 0.1) is 6.04 Å². The van der Waals surface area contributed by atoms with Crippen LogP contribution in [0.5, 0.6) is 0 Å². The quantitative estimate of drug-likeness (QED) is 0.888. The van der Waals surface area contributed by atoms with Crippen molar-refractivity contribution < 1.29 is 14.0 Å². The van der Waals surface area contributed by atoms with Gasteiger partial charge >= 0.3 is 0 Å². The molecule has 0 bridgehead atoms. The lowest BCUT2D eigenvalue weighted by molar-refractivity contribution is -0.133. The second-order valence-electron chi connectivity index (χ2n) is 5.66. The Morgan fingerprint density at radius 2 is 2.00 bits per heavy atom. The Balaban J connectivity index is 1.80. The van der Waals surface area contributed by atoms with Crippen LogP contribution in [0.2, 0.25) is 0 Å². The van der Waals surface area contributed by atoms with E-state index in [0.29, 0.717) is 26.2 Å². The lowest BCUT2D eigenvalue weighted by Gasteiger charge is -2.36. The average Bonchev–Trinajstić information content (AvgIpc) is 2.54. The number of carbonyl (C=O) groups is 2. The van der Waals surface area contributed by atoms with E-state index < -0.39 is 0 Å². The summed E-state index contributed by atoms with van der Waals surface area (Å²) in [6, 6.07) is 5.92. The topological polar surface area (TPSA) is 66.6 Å². The Morgan fingerprint density at radius 1 is 1.30 bits per heavy atom. The number of amides is 2. The van der Waals surface area contributed by atoms with Crippen LogP contribution in [-0.2, 0) is 9.59 Å². The van der Waals surface area contributed by atoms with Gasteiger partial charge in [0.15, 0.2) is 0 Å². The highest BCUT2D eigenvalue weighted by Crippen LogP contribution is 2.09. The normalized spacial score (nSPS) is 17.4. The molecule has 1 fully saturated rings. The molecule has 6 heteroatoms. The van der Waals surface area contributed by atoms with Crippen LogP contribution < -0.4 is 5.73 Å². The maximum Gasteiger partial charge on any atom is 0.234 e. The molecular formula is C17H22FN3O2. The fourth-order valence-electron chi connectivity index (χ4n) is 2.57. The van der Waals surface area contributed by atoms with Gasteiger partial charge in [-0.05, 0) is 24.6 Å². The minimum atomic E-state index is -0.345. The molecular weight excluding hydrogens is 297 g/mol. The van der Waals surface area contributed by atoms with Crippen molar-refractivity contribution in [2.24, 2.45) is 5.73 Å². The fraction of sp³-hybridized carbons (Fsp3) is 0.412. The van der Waals surface area contributed by atoms with E-state index in [9.17, 15) is 14.0 Å². The molecule has 2 rings (SSSR count). The molecule has 1 atom stereocenters. The van der Waals surface area contributed by atoms with Crippen molar-refractivity contribution in [2.45, 2.75) is 19.4 Å². The molecule has 0 aromatic heterocycles. The molecule has 5 nitrogen and oxygen atoms in total. The summed E-state index contributed by atoms with van der Waals surface area (Å²) < 4.78 is 13.1. The zero-order chi connectivity index (χ0) is 16.8. The van der Waals surface area contributed by atoms with Crippen LogP contribution in [0.3, 0.4) is 0 Å².